The standard InChI is InChI=1S/C15H13NO4/c1-10-2-7-14(16(19)20)13(8-10)12-5-3-11(4-6-12)9-15(17)18/h2-8H,9H2,1H3,(H,17,18). The van der Waals surface area contributed by atoms with Gasteiger partial charge in [-0.05, 0) is 24.1 Å². The Balaban J connectivity index is 2.43. The first-order valence-corrected chi connectivity index (χ1v) is 6.03. The molecule has 102 valence electrons. The molecule has 2 aromatic carbocycles. The molecule has 0 spiro atoms. The fourth-order valence-electron chi connectivity index (χ4n) is 2.02. The van der Waals surface area contributed by atoms with Crippen LogP contribution in [-0.2, 0) is 11.2 Å². The number of aryl methyl sites for hydroxylation is 1. The number of aliphatic carboxylic acids is 1. The van der Waals surface area contributed by atoms with Gasteiger partial charge in [-0.1, -0.05) is 35.9 Å². The van der Waals surface area contributed by atoms with Crippen molar-refractivity contribution in [1.29, 1.82) is 0 Å². The van der Waals surface area contributed by atoms with Gasteiger partial charge in [0.25, 0.3) is 5.69 Å². The molecule has 0 aliphatic heterocycles. The molecule has 0 aliphatic rings. The van der Waals surface area contributed by atoms with Gasteiger partial charge in [0.1, 0.15) is 0 Å². The van der Waals surface area contributed by atoms with Gasteiger partial charge in [-0.25, -0.2) is 0 Å². The molecule has 2 rings (SSSR count). The zero-order valence-corrected chi connectivity index (χ0v) is 10.9. The highest BCUT2D eigenvalue weighted by Crippen LogP contribution is 2.30. The molecule has 0 amide bonds. The Morgan fingerprint density at radius 1 is 1.20 bits per heavy atom. The predicted molar refractivity (Wildman–Crippen MR) is 74.6 cm³/mol. The van der Waals surface area contributed by atoms with Crippen LogP contribution >= 0.6 is 0 Å². The lowest BCUT2D eigenvalue weighted by Crippen LogP contribution is -1.99. The van der Waals surface area contributed by atoms with E-state index < -0.39 is 10.9 Å². The highest BCUT2D eigenvalue weighted by molar-refractivity contribution is 5.75. The van der Waals surface area contributed by atoms with Gasteiger partial charge in [0.15, 0.2) is 0 Å². The number of nitrogens with zero attached hydrogens (tertiary/aromatic N) is 1. The minimum absolute atomic E-state index is 0.0431. The van der Waals surface area contributed by atoms with Crippen LogP contribution in [0.15, 0.2) is 42.5 Å². The third kappa shape index (κ3) is 3.00. The molecule has 0 aromatic heterocycles. The van der Waals surface area contributed by atoms with Crippen LogP contribution in [0.4, 0.5) is 5.69 Å². The van der Waals surface area contributed by atoms with E-state index in [1.54, 1.807) is 36.4 Å². The maximum absolute atomic E-state index is 11.0. The van der Waals surface area contributed by atoms with Crippen molar-refractivity contribution in [2.24, 2.45) is 0 Å². The third-order valence-corrected chi connectivity index (χ3v) is 2.97. The van der Waals surface area contributed by atoms with Gasteiger partial charge in [0, 0.05) is 6.07 Å². The normalized spacial score (nSPS) is 10.2. The second-order valence-electron chi connectivity index (χ2n) is 4.55. The monoisotopic (exact) mass is 271 g/mol. The topological polar surface area (TPSA) is 80.4 Å². The predicted octanol–water partition coefficient (Wildman–Crippen LogP) is 3.20. The summed E-state index contributed by atoms with van der Waals surface area (Å²) in [7, 11) is 0. The Morgan fingerprint density at radius 3 is 2.40 bits per heavy atom. The van der Waals surface area contributed by atoms with E-state index in [1.165, 1.54) is 6.07 Å². The molecular weight excluding hydrogens is 258 g/mol. The highest BCUT2D eigenvalue weighted by atomic mass is 16.6. The van der Waals surface area contributed by atoms with Crippen molar-refractivity contribution in [2.45, 2.75) is 13.3 Å². The first-order valence-electron chi connectivity index (χ1n) is 6.03. The van der Waals surface area contributed by atoms with Crippen LogP contribution < -0.4 is 0 Å². The third-order valence-electron chi connectivity index (χ3n) is 2.97. The minimum atomic E-state index is -0.903. The van der Waals surface area contributed by atoms with Crippen molar-refractivity contribution in [3.8, 4) is 11.1 Å². The number of carbonyl (C=O) groups is 1. The quantitative estimate of drug-likeness (QED) is 0.684. The number of hydrogen-bond donors (Lipinski definition) is 1. The molecule has 1 N–H and O–H groups in total. The lowest BCUT2D eigenvalue weighted by molar-refractivity contribution is -0.384. The largest absolute Gasteiger partial charge is 0.481 e. The molecule has 0 atom stereocenters. The maximum Gasteiger partial charge on any atom is 0.307 e. The number of rotatable bonds is 4. The van der Waals surface area contributed by atoms with E-state index in [0.717, 1.165) is 5.56 Å². The summed E-state index contributed by atoms with van der Waals surface area (Å²) in [6.07, 6.45) is -0.0593. The number of nitro groups is 1. The first-order chi connectivity index (χ1) is 9.47. The van der Waals surface area contributed by atoms with E-state index in [1.807, 2.05) is 6.92 Å². The molecule has 5 heteroatoms. The number of benzene rings is 2. The molecule has 0 fully saturated rings. The van der Waals surface area contributed by atoms with E-state index in [-0.39, 0.29) is 12.1 Å². The van der Waals surface area contributed by atoms with Crippen LogP contribution in [0.5, 0.6) is 0 Å². The lowest BCUT2D eigenvalue weighted by Gasteiger charge is -2.05. The zero-order valence-electron chi connectivity index (χ0n) is 10.9. The summed E-state index contributed by atoms with van der Waals surface area (Å²) < 4.78 is 0. The zero-order chi connectivity index (χ0) is 14.7. The van der Waals surface area contributed by atoms with E-state index in [4.69, 9.17) is 5.11 Å². The van der Waals surface area contributed by atoms with E-state index in [2.05, 4.69) is 0 Å². The Hall–Kier alpha value is -2.69. The Kier molecular flexibility index (Phi) is 3.79. The Labute approximate surface area is 115 Å². The average molecular weight is 271 g/mol. The summed E-state index contributed by atoms with van der Waals surface area (Å²) in [5, 5.41) is 19.8. The average Bonchev–Trinajstić information content (AvgIpc) is 2.38. The summed E-state index contributed by atoms with van der Waals surface area (Å²) in [6.45, 7) is 1.87. The van der Waals surface area contributed by atoms with Crippen molar-refractivity contribution in [3.63, 3.8) is 0 Å². The van der Waals surface area contributed by atoms with Gasteiger partial charge in [0.05, 0.1) is 16.9 Å². The summed E-state index contributed by atoms with van der Waals surface area (Å²) in [6, 6.07) is 11.7. The van der Waals surface area contributed by atoms with Crippen molar-refractivity contribution in [1.82, 2.24) is 0 Å². The summed E-state index contributed by atoms with van der Waals surface area (Å²) in [5.74, 6) is -0.903. The molecule has 0 radical (unpaired) electrons. The smallest absolute Gasteiger partial charge is 0.307 e. The summed E-state index contributed by atoms with van der Waals surface area (Å²) in [4.78, 5) is 21.3. The van der Waals surface area contributed by atoms with Crippen LogP contribution in [0.25, 0.3) is 11.1 Å². The molecule has 0 saturated carbocycles. The molecule has 5 nitrogen and oxygen atoms in total. The van der Waals surface area contributed by atoms with Gasteiger partial charge in [-0.2, -0.15) is 0 Å². The van der Waals surface area contributed by atoms with Gasteiger partial charge in [-0.15, -0.1) is 0 Å². The molecule has 20 heavy (non-hydrogen) atoms. The highest BCUT2D eigenvalue weighted by Gasteiger charge is 2.15. The SMILES string of the molecule is Cc1ccc([N+](=O)[O-])c(-c2ccc(CC(=O)O)cc2)c1. The number of hydrogen-bond acceptors (Lipinski definition) is 3. The second-order valence-corrected chi connectivity index (χ2v) is 4.55. The fraction of sp³-hybridized carbons (Fsp3) is 0.133. The van der Waals surface area contributed by atoms with Crippen molar-refractivity contribution in [3.05, 3.63) is 63.7 Å². The van der Waals surface area contributed by atoms with Crippen molar-refractivity contribution < 1.29 is 14.8 Å². The number of carboxylic acids is 1. The van der Waals surface area contributed by atoms with Gasteiger partial charge < -0.3 is 5.11 Å². The van der Waals surface area contributed by atoms with Crippen LogP contribution in [0.2, 0.25) is 0 Å². The first kappa shape index (κ1) is 13.7. The van der Waals surface area contributed by atoms with Crippen LogP contribution in [0.3, 0.4) is 0 Å². The molecular formula is C15H13NO4. The molecule has 0 unspecified atom stereocenters. The van der Waals surface area contributed by atoms with Gasteiger partial charge >= 0.3 is 5.97 Å². The maximum atomic E-state index is 11.0. The van der Waals surface area contributed by atoms with Gasteiger partial charge in [0.2, 0.25) is 0 Å². The van der Waals surface area contributed by atoms with E-state index in [9.17, 15) is 14.9 Å². The fourth-order valence-corrected chi connectivity index (χ4v) is 2.02. The van der Waals surface area contributed by atoms with Crippen LogP contribution in [0.1, 0.15) is 11.1 Å². The molecule has 0 heterocycles. The van der Waals surface area contributed by atoms with Crippen LogP contribution in [0, 0.1) is 17.0 Å². The Morgan fingerprint density at radius 2 is 1.85 bits per heavy atom. The number of carboxylic acid groups (broad SMARTS) is 1. The molecule has 2 aromatic rings. The summed E-state index contributed by atoms with van der Waals surface area (Å²) in [5.41, 5.74) is 2.88. The van der Waals surface area contributed by atoms with Crippen molar-refractivity contribution >= 4 is 11.7 Å². The molecule has 0 saturated heterocycles. The van der Waals surface area contributed by atoms with E-state index in [0.29, 0.717) is 16.7 Å². The van der Waals surface area contributed by atoms with Crippen LogP contribution in [-0.4, -0.2) is 16.0 Å². The van der Waals surface area contributed by atoms with Gasteiger partial charge in [-0.3, -0.25) is 14.9 Å². The summed E-state index contributed by atoms with van der Waals surface area (Å²) >= 11 is 0. The molecule has 0 bridgehead atoms. The number of nitro benzene ring substituents is 1. The minimum Gasteiger partial charge on any atom is -0.481 e. The molecule has 0 aliphatic carbocycles. The second kappa shape index (κ2) is 5.52. The lowest BCUT2D eigenvalue weighted by atomic mass is 9.99. The van der Waals surface area contributed by atoms with Crippen molar-refractivity contribution in [2.75, 3.05) is 0 Å². The van der Waals surface area contributed by atoms with E-state index >= 15 is 0 Å². The Bertz CT molecular complexity index is 662.